The van der Waals surface area contributed by atoms with Crippen molar-refractivity contribution in [2.24, 2.45) is 0 Å². The van der Waals surface area contributed by atoms with Crippen LogP contribution in [0.5, 0.6) is 0 Å². The van der Waals surface area contributed by atoms with Crippen molar-refractivity contribution in [2.75, 3.05) is 0 Å². The topological polar surface area (TPSA) is 0 Å². The quantitative estimate of drug-likeness (QED) is 0.408. The van der Waals surface area contributed by atoms with Gasteiger partial charge in [0.2, 0.25) is 0 Å². The summed E-state index contributed by atoms with van der Waals surface area (Å²) in [6, 6.07) is 20.5. The van der Waals surface area contributed by atoms with E-state index in [-0.39, 0.29) is 32.3 Å². The van der Waals surface area contributed by atoms with Gasteiger partial charge in [-0.2, -0.15) is 0 Å². The third-order valence-electron chi connectivity index (χ3n) is 5.76. The van der Waals surface area contributed by atoms with Crippen molar-refractivity contribution in [2.45, 2.75) is 23.9 Å². The van der Waals surface area contributed by atoms with Gasteiger partial charge in [0.15, 0.2) is 0 Å². The fourth-order valence-corrected chi connectivity index (χ4v) is 14.3. The Morgan fingerprint density at radius 2 is 1.68 bits per heavy atom. The first-order valence-electron chi connectivity index (χ1n) is 9.23. The third-order valence-corrected chi connectivity index (χ3v) is 15.6. The van der Waals surface area contributed by atoms with Crippen LogP contribution in [-0.4, -0.2) is 0 Å². The molecule has 2 aliphatic rings. The summed E-state index contributed by atoms with van der Waals surface area (Å²) >= 11 is -0.974. The van der Waals surface area contributed by atoms with E-state index in [1.165, 1.54) is 22.9 Å². The van der Waals surface area contributed by atoms with Crippen LogP contribution in [0.3, 0.4) is 0 Å². The fraction of sp³-hybridized carbons (Fsp3) is 0.167. The Balaban J connectivity index is 0.00000112. The van der Waals surface area contributed by atoms with E-state index in [0.717, 1.165) is 3.67 Å². The van der Waals surface area contributed by atoms with Gasteiger partial charge >= 0.3 is 168 Å². The van der Waals surface area contributed by atoms with Gasteiger partial charge in [-0.05, 0) is 0 Å². The van der Waals surface area contributed by atoms with Gasteiger partial charge in [0.25, 0.3) is 0 Å². The molecule has 0 saturated carbocycles. The van der Waals surface area contributed by atoms with Gasteiger partial charge in [0, 0.05) is 0 Å². The maximum Gasteiger partial charge on any atom is -1.00 e. The molecule has 3 aromatic rings. The molecular formula is C24H21Cl2HfP. The van der Waals surface area contributed by atoms with Crippen molar-refractivity contribution in [3.05, 3.63) is 92.1 Å². The average molecular weight is 590 g/mol. The second-order valence-electron chi connectivity index (χ2n) is 7.21. The Hall–Kier alpha value is -0.850. The summed E-state index contributed by atoms with van der Waals surface area (Å²) in [6.45, 7) is 4.63. The number of fused-ring (bicyclic) bond motifs is 2. The van der Waals surface area contributed by atoms with E-state index >= 15 is 0 Å². The molecule has 2 unspecified atom stereocenters. The van der Waals surface area contributed by atoms with Crippen LogP contribution < -0.4 is 24.8 Å². The Labute approximate surface area is 192 Å². The van der Waals surface area contributed by atoms with Crippen molar-refractivity contribution in [3.63, 3.8) is 0 Å². The predicted octanol–water partition coefficient (Wildman–Crippen LogP) is 1.59. The SMILES string of the molecule is CC1=CC[C]([Hf+2][CH]2C(p3ccc4ccccc43)=Cc3ccccc32)=C1C.[Cl-].[Cl-]. The number of halogens is 2. The van der Waals surface area contributed by atoms with E-state index in [0.29, 0.717) is 0 Å². The summed E-state index contributed by atoms with van der Waals surface area (Å²) in [6.07, 6.45) is 6.20. The normalized spacial score (nSPS) is 18.1. The van der Waals surface area contributed by atoms with E-state index in [9.17, 15) is 0 Å². The molecule has 0 N–H and O–H groups in total. The minimum atomic E-state index is -0.974. The van der Waals surface area contributed by atoms with Gasteiger partial charge in [-0.15, -0.1) is 0 Å². The van der Waals surface area contributed by atoms with Crippen LogP contribution in [0, 0.1) is 0 Å². The zero-order valence-electron chi connectivity index (χ0n) is 15.9. The second-order valence-corrected chi connectivity index (χ2v) is 14.5. The summed E-state index contributed by atoms with van der Waals surface area (Å²) in [7, 11) is -0.304. The van der Waals surface area contributed by atoms with E-state index in [1.807, 2.05) is 3.33 Å². The Morgan fingerprint density at radius 1 is 0.929 bits per heavy atom. The number of hydrogen-bond donors (Lipinski definition) is 0. The van der Waals surface area contributed by atoms with Crippen molar-refractivity contribution < 1.29 is 47.7 Å². The summed E-state index contributed by atoms with van der Waals surface area (Å²) in [5.74, 6) is 2.49. The first-order chi connectivity index (χ1) is 12.7. The summed E-state index contributed by atoms with van der Waals surface area (Å²) in [5.41, 5.74) is 6.20. The third kappa shape index (κ3) is 3.68. The molecule has 0 bridgehead atoms. The number of hydrogen-bond acceptors (Lipinski definition) is 0. The summed E-state index contributed by atoms with van der Waals surface area (Å²) < 4.78 is 2.54. The van der Waals surface area contributed by atoms with Gasteiger partial charge in [0.05, 0.1) is 0 Å². The molecule has 2 atom stereocenters. The van der Waals surface area contributed by atoms with E-state index in [2.05, 4.69) is 86.4 Å². The molecule has 1 aromatic heterocycles. The molecule has 2 aliphatic carbocycles. The summed E-state index contributed by atoms with van der Waals surface area (Å²) in [5, 5.41) is 4.70. The Bertz CT molecular complexity index is 1120. The molecule has 0 amide bonds. The molecule has 4 heteroatoms. The zero-order valence-corrected chi connectivity index (χ0v) is 21.9. The van der Waals surface area contributed by atoms with Gasteiger partial charge in [-0.1, -0.05) is 0 Å². The molecule has 1 heterocycles. The van der Waals surface area contributed by atoms with Crippen molar-refractivity contribution in [1.82, 2.24) is 0 Å². The molecule has 2 aromatic carbocycles. The molecule has 0 aliphatic heterocycles. The molecule has 0 saturated heterocycles. The maximum atomic E-state index is 2.54. The Morgan fingerprint density at radius 3 is 2.46 bits per heavy atom. The average Bonchev–Trinajstić information content (AvgIpc) is 3.34. The maximum absolute atomic E-state index is 2.54. The van der Waals surface area contributed by atoms with Crippen molar-refractivity contribution >= 4 is 29.4 Å². The van der Waals surface area contributed by atoms with Crippen LogP contribution >= 0.6 is 7.53 Å². The number of rotatable bonds is 3. The van der Waals surface area contributed by atoms with Gasteiger partial charge in [-0.25, -0.2) is 0 Å². The van der Waals surface area contributed by atoms with Crippen LogP contribution in [0.1, 0.15) is 35.1 Å². The molecule has 0 radical (unpaired) electrons. The van der Waals surface area contributed by atoms with Crippen LogP contribution in [0.4, 0.5) is 0 Å². The largest absolute Gasteiger partial charge is 1.00 e. The van der Waals surface area contributed by atoms with Crippen molar-refractivity contribution in [3.8, 4) is 0 Å². The molecular weight excluding hydrogens is 569 g/mol. The van der Waals surface area contributed by atoms with Crippen LogP contribution in [0.2, 0.25) is 0 Å². The number of allylic oxidation sites excluding steroid dienone is 5. The van der Waals surface area contributed by atoms with Crippen LogP contribution in [0.25, 0.3) is 21.9 Å². The first kappa shape index (κ1) is 21.8. The van der Waals surface area contributed by atoms with E-state index in [1.54, 1.807) is 21.6 Å². The molecule has 0 fully saturated rings. The fourth-order valence-electron chi connectivity index (χ4n) is 4.12. The monoisotopic (exact) mass is 590 g/mol. The summed E-state index contributed by atoms with van der Waals surface area (Å²) in [4.78, 5) is 0. The molecule has 0 spiro atoms. The molecule has 28 heavy (non-hydrogen) atoms. The zero-order chi connectivity index (χ0) is 17.7. The van der Waals surface area contributed by atoms with E-state index in [4.69, 9.17) is 0 Å². The Kier molecular flexibility index (Phi) is 6.93. The smallest absolute Gasteiger partial charge is 1.00 e. The van der Waals surface area contributed by atoms with Crippen LogP contribution in [0.15, 0.2) is 80.9 Å². The second kappa shape index (κ2) is 8.88. The van der Waals surface area contributed by atoms with Gasteiger partial charge in [-0.3, -0.25) is 0 Å². The molecule has 0 nitrogen and oxygen atoms in total. The predicted molar refractivity (Wildman–Crippen MR) is 111 cm³/mol. The standard InChI is InChI=1S/C17H12P.C7H9.2ClH.Hf/c1-2-7-15-12-16(11-14(15)6-1)18-10-9-13-5-3-4-8-17(13)18;1-6-4-3-5-7(6)2;;;/h1-12H;4H,3H2,1-2H3;2*1H;/q;;;;+2/p-2. The van der Waals surface area contributed by atoms with Crippen LogP contribution in [-0.2, 0) is 22.9 Å². The van der Waals surface area contributed by atoms with Gasteiger partial charge < -0.3 is 24.8 Å². The molecule has 140 valence electrons. The van der Waals surface area contributed by atoms with E-state index < -0.39 is 22.9 Å². The minimum Gasteiger partial charge on any atom is -1.00 e. The number of benzene rings is 2. The molecule has 5 rings (SSSR count). The minimum absolute atomic E-state index is 0. The van der Waals surface area contributed by atoms with Crippen molar-refractivity contribution in [1.29, 1.82) is 0 Å². The van der Waals surface area contributed by atoms with Gasteiger partial charge in [0.1, 0.15) is 0 Å². The first-order valence-corrected chi connectivity index (χ1v) is 14.5.